The van der Waals surface area contributed by atoms with Crippen molar-refractivity contribution in [1.29, 1.82) is 0 Å². The molecule has 0 atom stereocenters. The van der Waals surface area contributed by atoms with Crippen LogP contribution >= 0.6 is 0 Å². The van der Waals surface area contributed by atoms with Gasteiger partial charge in [0, 0.05) is 12.6 Å². The topological polar surface area (TPSA) is 128 Å². The maximum Gasteiger partial charge on any atom is 0.357 e. The first kappa shape index (κ1) is 15.9. The van der Waals surface area contributed by atoms with Crippen LogP contribution in [0.3, 0.4) is 0 Å². The second-order valence-corrected chi connectivity index (χ2v) is 4.41. The number of hydrogen-bond acceptors (Lipinski definition) is 6. The number of rotatable bonds is 4. The Bertz CT molecular complexity index is 797. The summed E-state index contributed by atoms with van der Waals surface area (Å²) in [6, 6.07) is 8.51. The van der Waals surface area contributed by atoms with Gasteiger partial charge in [-0.05, 0) is 36.3 Å². The first-order valence-electron chi connectivity index (χ1n) is 6.49. The molecule has 6 N–H and O–H groups in total. The van der Waals surface area contributed by atoms with Gasteiger partial charge in [-0.2, -0.15) is 5.10 Å². The number of aryl methyl sites for hydroxylation is 1. The van der Waals surface area contributed by atoms with Crippen molar-refractivity contribution >= 4 is 5.97 Å². The Kier molecular flexibility index (Phi) is 4.86. The Hall–Kier alpha value is -3.44. The Morgan fingerprint density at radius 2 is 2.00 bits per heavy atom. The van der Waals surface area contributed by atoms with Gasteiger partial charge >= 0.3 is 5.97 Å². The van der Waals surface area contributed by atoms with Crippen molar-refractivity contribution in [3.63, 3.8) is 0 Å². The fraction of sp³-hybridized carbons (Fsp3) is 0.0667. The average Bonchev–Trinajstić information content (AvgIpc) is 2.96. The fourth-order valence-electron chi connectivity index (χ4n) is 1.62. The minimum atomic E-state index is -1.34. The van der Waals surface area contributed by atoms with Crippen LogP contribution in [0.2, 0.25) is 0 Å². The van der Waals surface area contributed by atoms with Crippen LogP contribution in [0.15, 0.2) is 48.1 Å². The Labute approximate surface area is 132 Å². The SMILES string of the molecule is Cn1nccc1C#Cc1ccc(O/C(NN)=C(/N)C(=O)O)cc1. The number of benzene rings is 1. The maximum atomic E-state index is 10.8. The molecule has 0 radical (unpaired) electrons. The summed E-state index contributed by atoms with van der Waals surface area (Å²) in [4.78, 5) is 10.8. The van der Waals surface area contributed by atoms with E-state index < -0.39 is 11.7 Å². The number of nitrogens with one attached hydrogen (secondary N) is 1. The van der Waals surface area contributed by atoms with E-state index >= 15 is 0 Å². The second-order valence-electron chi connectivity index (χ2n) is 4.41. The molecule has 0 unspecified atom stereocenters. The summed E-state index contributed by atoms with van der Waals surface area (Å²) in [5.74, 6) is 9.96. The summed E-state index contributed by atoms with van der Waals surface area (Å²) in [5, 5.41) is 12.8. The largest absolute Gasteiger partial charge is 0.476 e. The zero-order valence-electron chi connectivity index (χ0n) is 12.3. The molecule has 1 heterocycles. The van der Waals surface area contributed by atoms with Crippen LogP contribution < -0.4 is 21.7 Å². The molecule has 0 saturated heterocycles. The monoisotopic (exact) mass is 313 g/mol. The third kappa shape index (κ3) is 4.03. The average molecular weight is 313 g/mol. The van der Waals surface area contributed by atoms with E-state index in [1.165, 1.54) is 0 Å². The van der Waals surface area contributed by atoms with Crippen molar-refractivity contribution in [2.45, 2.75) is 0 Å². The van der Waals surface area contributed by atoms with Crippen LogP contribution in [-0.4, -0.2) is 20.9 Å². The van der Waals surface area contributed by atoms with Gasteiger partial charge in [-0.25, -0.2) is 10.6 Å². The summed E-state index contributed by atoms with van der Waals surface area (Å²) in [5.41, 5.74) is 8.49. The molecule has 8 heteroatoms. The van der Waals surface area contributed by atoms with E-state index in [0.717, 1.165) is 11.3 Å². The van der Waals surface area contributed by atoms with Gasteiger partial charge in [0.1, 0.15) is 11.4 Å². The zero-order valence-corrected chi connectivity index (χ0v) is 12.3. The molecule has 0 saturated carbocycles. The molecule has 8 nitrogen and oxygen atoms in total. The first-order valence-corrected chi connectivity index (χ1v) is 6.49. The highest BCUT2D eigenvalue weighted by Crippen LogP contribution is 2.14. The molecule has 0 bridgehead atoms. The van der Waals surface area contributed by atoms with Gasteiger partial charge in [0.25, 0.3) is 0 Å². The van der Waals surface area contributed by atoms with Crippen LogP contribution in [-0.2, 0) is 11.8 Å². The molecule has 23 heavy (non-hydrogen) atoms. The standard InChI is InChI=1S/C15H15N5O3/c1-20-11(8-9-18-20)5-2-10-3-6-12(7-4-10)23-14(19-17)13(16)15(21)22/h3-4,6-9,19H,16-17H2,1H3,(H,21,22)/b14-13+. The first-order chi connectivity index (χ1) is 11.0. The molecule has 0 aliphatic rings. The number of nitrogens with two attached hydrogens (primary N) is 2. The number of ether oxygens (including phenoxy) is 1. The summed E-state index contributed by atoms with van der Waals surface area (Å²) < 4.78 is 6.96. The van der Waals surface area contributed by atoms with E-state index in [2.05, 4.69) is 22.4 Å². The predicted octanol–water partition coefficient (Wildman–Crippen LogP) is -0.126. The van der Waals surface area contributed by atoms with Crippen molar-refractivity contribution in [2.24, 2.45) is 18.6 Å². The second kappa shape index (κ2) is 7.02. The highest BCUT2D eigenvalue weighted by Gasteiger charge is 2.11. The van der Waals surface area contributed by atoms with E-state index in [9.17, 15) is 4.79 Å². The quantitative estimate of drug-likeness (QED) is 0.203. The summed E-state index contributed by atoms with van der Waals surface area (Å²) in [7, 11) is 1.81. The van der Waals surface area contributed by atoms with E-state index in [4.69, 9.17) is 21.4 Å². The van der Waals surface area contributed by atoms with Gasteiger partial charge < -0.3 is 15.6 Å². The number of hydrogen-bond donors (Lipinski definition) is 4. The third-order valence-electron chi connectivity index (χ3n) is 2.84. The summed E-state index contributed by atoms with van der Waals surface area (Å²) in [6.45, 7) is 0. The fourth-order valence-corrected chi connectivity index (χ4v) is 1.62. The van der Waals surface area contributed by atoms with Crippen LogP contribution in [0.5, 0.6) is 5.75 Å². The van der Waals surface area contributed by atoms with E-state index in [0.29, 0.717) is 5.75 Å². The lowest BCUT2D eigenvalue weighted by Gasteiger charge is -2.10. The van der Waals surface area contributed by atoms with Gasteiger partial charge in [-0.3, -0.25) is 10.1 Å². The van der Waals surface area contributed by atoms with Crippen molar-refractivity contribution < 1.29 is 14.6 Å². The summed E-state index contributed by atoms with van der Waals surface area (Å²) >= 11 is 0. The number of carbonyl (C=O) groups is 1. The number of carboxylic acid groups (broad SMARTS) is 1. The molecule has 2 rings (SSSR count). The van der Waals surface area contributed by atoms with E-state index in [-0.39, 0.29) is 5.88 Å². The molecule has 1 aromatic heterocycles. The lowest BCUT2D eigenvalue weighted by Crippen LogP contribution is -2.31. The Morgan fingerprint density at radius 3 is 2.52 bits per heavy atom. The highest BCUT2D eigenvalue weighted by molar-refractivity contribution is 5.85. The Balaban J connectivity index is 2.14. The normalized spacial score (nSPS) is 11.0. The molecule has 0 aliphatic carbocycles. The van der Waals surface area contributed by atoms with E-state index in [1.54, 1.807) is 35.1 Å². The molecular formula is C15H15N5O3. The molecule has 0 amide bonds. The van der Waals surface area contributed by atoms with Crippen molar-refractivity contribution in [1.82, 2.24) is 15.2 Å². The predicted molar refractivity (Wildman–Crippen MR) is 82.4 cm³/mol. The molecule has 0 aliphatic heterocycles. The molecule has 118 valence electrons. The lowest BCUT2D eigenvalue weighted by atomic mass is 10.2. The van der Waals surface area contributed by atoms with Gasteiger partial charge in [0.05, 0.1) is 6.20 Å². The molecule has 0 fully saturated rings. The molecular weight excluding hydrogens is 298 g/mol. The van der Waals surface area contributed by atoms with E-state index in [1.807, 2.05) is 13.1 Å². The van der Waals surface area contributed by atoms with Crippen molar-refractivity contribution in [3.8, 4) is 17.6 Å². The molecule has 2 aromatic rings. The number of aliphatic carboxylic acids is 1. The van der Waals surface area contributed by atoms with Crippen LogP contribution in [0.4, 0.5) is 0 Å². The highest BCUT2D eigenvalue weighted by atomic mass is 16.5. The molecule has 0 spiro atoms. The number of hydrazine groups is 1. The van der Waals surface area contributed by atoms with Crippen molar-refractivity contribution in [2.75, 3.05) is 0 Å². The van der Waals surface area contributed by atoms with Crippen LogP contribution in [0.1, 0.15) is 11.3 Å². The minimum Gasteiger partial charge on any atom is -0.476 e. The lowest BCUT2D eigenvalue weighted by molar-refractivity contribution is -0.132. The Morgan fingerprint density at radius 1 is 1.30 bits per heavy atom. The number of aromatic nitrogens is 2. The van der Waals surface area contributed by atoms with Gasteiger partial charge in [-0.1, -0.05) is 5.92 Å². The van der Waals surface area contributed by atoms with Gasteiger partial charge in [-0.15, -0.1) is 0 Å². The third-order valence-corrected chi connectivity index (χ3v) is 2.84. The van der Waals surface area contributed by atoms with Gasteiger partial charge in [0.2, 0.25) is 5.88 Å². The minimum absolute atomic E-state index is 0.244. The van der Waals surface area contributed by atoms with Crippen LogP contribution in [0, 0.1) is 11.8 Å². The zero-order chi connectivity index (χ0) is 16.8. The van der Waals surface area contributed by atoms with Crippen molar-refractivity contribution in [3.05, 3.63) is 59.4 Å². The van der Waals surface area contributed by atoms with Gasteiger partial charge in [0.15, 0.2) is 5.70 Å². The van der Waals surface area contributed by atoms with Crippen LogP contribution in [0.25, 0.3) is 0 Å². The summed E-state index contributed by atoms with van der Waals surface area (Å²) in [6.07, 6.45) is 1.67. The smallest absolute Gasteiger partial charge is 0.357 e. The number of nitrogens with zero attached hydrogens (tertiary/aromatic N) is 2. The molecule has 1 aromatic carbocycles. The maximum absolute atomic E-state index is 10.8. The number of carboxylic acids is 1.